The molecule has 1 aliphatic heterocycles. The average molecular weight is 334 g/mol. The molecule has 1 amide bonds. The molecule has 2 N–H and O–H groups in total. The maximum atomic E-state index is 12.1. The Kier molecular flexibility index (Phi) is 3.56. The number of carbonyl (C=O) groups is 1. The summed E-state index contributed by atoms with van der Waals surface area (Å²) in [5.41, 5.74) is 1.50. The lowest BCUT2D eigenvalue weighted by atomic mass is 10.1. The number of halogens is 1. The van der Waals surface area contributed by atoms with E-state index in [-0.39, 0.29) is 12.5 Å². The van der Waals surface area contributed by atoms with Crippen LogP contribution in [0.15, 0.2) is 40.6 Å². The first kappa shape index (κ1) is 12.9. The number of hydrogen-bond donors (Lipinski definition) is 2. The Hall–Kier alpha value is -2.08. The number of fused-ring (bicyclic) bond motifs is 1. The molecule has 1 aromatic heterocycles. The van der Waals surface area contributed by atoms with Gasteiger partial charge in [0.25, 0.3) is 5.91 Å². The van der Waals surface area contributed by atoms with Gasteiger partial charge in [0.2, 0.25) is 0 Å². The maximum Gasteiger partial charge on any atom is 0.251 e. The Morgan fingerprint density at radius 1 is 1.50 bits per heavy atom. The number of aromatic amines is 1. The van der Waals surface area contributed by atoms with E-state index in [1.165, 1.54) is 0 Å². The summed E-state index contributed by atoms with van der Waals surface area (Å²) in [5.74, 6) is 1.36. The highest BCUT2D eigenvalue weighted by Gasteiger charge is 2.17. The second-order valence-corrected chi connectivity index (χ2v) is 5.27. The molecule has 0 saturated carbocycles. The van der Waals surface area contributed by atoms with Crippen LogP contribution in [0, 0.1) is 0 Å². The molecule has 2 aromatic rings. The van der Waals surface area contributed by atoms with E-state index >= 15 is 0 Å². The molecule has 0 radical (unpaired) electrons. The summed E-state index contributed by atoms with van der Waals surface area (Å²) in [6.07, 6.45) is 5.22. The lowest BCUT2D eigenvalue weighted by Gasteiger charge is -2.17. The molecule has 0 aliphatic carbocycles. The highest BCUT2D eigenvalue weighted by Crippen LogP contribution is 2.29. The smallest absolute Gasteiger partial charge is 0.251 e. The number of amides is 1. The van der Waals surface area contributed by atoms with E-state index in [9.17, 15) is 4.79 Å². The van der Waals surface area contributed by atoms with Crippen LogP contribution >= 0.6 is 15.9 Å². The van der Waals surface area contributed by atoms with E-state index in [1.807, 2.05) is 24.3 Å². The standard InChI is InChI=1S/C14H12BrN3O2/c15-11-1-2-12-9(6-11)5-10(8-20-12)14(19)18-7-13-16-3-4-17-13/h1-6H,7-8H2,(H,16,17)(H,18,19). The Balaban J connectivity index is 1.72. The fourth-order valence-corrected chi connectivity index (χ4v) is 2.33. The molecule has 102 valence electrons. The first-order chi connectivity index (χ1) is 9.72. The molecular weight excluding hydrogens is 322 g/mol. The van der Waals surface area contributed by atoms with Crippen molar-refractivity contribution in [3.05, 3.63) is 52.0 Å². The van der Waals surface area contributed by atoms with Gasteiger partial charge in [-0.05, 0) is 24.3 Å². The molecule has 0 saturated heterocycles. The van der Waals surface area contributed by atoms with Crippen molar-refractivity contribution in [3.63, 3.8) is 0 Å². The Morgan fingerprint density at radius 3 is 3.20 bits per heavy atom. The van der Waals surface area contributed by atoms with Crippen molar-refractivity contribution in [2.45, 2.75) is 6.54 Å². The van der Waals surface area contributed by atoms with Gasteiger partial charge < -0.3 is 15.0 Å². The molecule has 1 aliphatic rings. The Morgan fingerprint density at radius 2 is 2.40 bits per heavy atom. The van der Waals surface area contributed by atoms with Crippen LogP contribution in [-0.2, 0) is 11.3 Å². The topological polar surface area (TPSA) is 67.0 Å². The maximum absolute atomic E-state index is 12.1. The fourth-order valence-electron chi connectivity index (χ4n) is 1.95. The normalized spacial score (nSPS) is 13.2. The van der Waals surface area contributed by atoms with Gasteiger partial charge in [0, 0.05) is 22.4 Å². The molecular formula is C14H12BrN3O2. The van der Waals surface area contributed by atoms with Gasteiger partial charge in [0.1, 0.15) is 18.2 Å². The van der Waals surface area contributed by atoms with E-state index < -0.39 is 0 Å². The largest absolute Gasteiger partial charge is 0.488 e. The monoisotopic (exact) mass is 333 g/mol. The minimum Gasteiger partial charge on any atom is -0.488 e. The summed E-state index contributed by atoms with van der Waals surface area (Å²) in [4.78, 5) is 19.1. The van der Waals surface area contributed by atoms with Crippen LogP contribution in [0.1, 0.15) is 11.4 Å². The number of H-pyrrole nitrogens is 1. The van der Waals surface area contributed by atoms with E-state index in [4.69, 9.17) is 4.74 Å². The quantitative estimate of drug-likeness (QED) is 0.905. The number of imidazole rings is 1. The summed E-state index contributed by atoms with van der Waals surface area (Å²) in [6, 6.07) is 5.72. The fraction of sp³-hybridized carbons (Fsp3) is 0.143. The Bertz CT molecular complexity index is 665. The van der Waals surface area contributed by atoms with Gasteiger partial charge in [0.05, 0.1) is 12.1 Å². The minimum atomic E-state index is -0.146. The number of carbonyl (C=O) groups excluding carboxylic acids is 1. The summed E-state index contributed by atoms with van der Waals surface area (Å²) in [6.45, 7) is 0.646. The van der Waals surface area contributed by atoms with Crippen molar-refractivity contribution < 1.29 is 9.53 Å². The molecule has 0 unspecified atom stereocenters. The second kappa shape index (κ2) is 5.50. The first-order valence-corrected chi connectivity index (χ1v) is 6.91. The molecule has 0 spiro atoms. The van der Waals surface area contributed by atoms with Gasteiger partial charge in [-0.1, -0.05) is 15.9 Å². The SMILES string of the molecule is O=C(NCc1ncc[nH]1)C1=Cc2cc(Br)ccc2OC1. The van der Waals surface area contributed by atoms with Crippen LogP contribution in [0.3, 0.4) is 0 Å². The lowest BCUT2D eigenvalue weighted by molar-refractivity contribution is -0.118. The molecule has 1 aromatic carbocycles. The van der Waals surface area contributed by atoms with E-state index in [2.05, 4.69) is 31.2 Å². The number of ether oxygens (including phenoxy) is 1. The summed E-state index contributed by atoms with van der Waals surface area (Å²) in [7, 11) is 0. The van der Waals surface area contributed by atoms with Crippen LogP contribution in [0.4, 0.5) is 0 Å². The molecule has 20 heavy (non-hydrogen) atoms. The summed E-state index contributed by atoms with van der Waals surface area (Å²) in [5, 5.41) is 2.81. The van der Waals surface area contributed by atoms with Crippen molar-refractivity contribution in [2.75, 3.05) is 6.61 Å². The predicted octanol–water partition coefficient (Wildman–Crippen LogP) is 2.26. The number of nitrogens with zero attached hydrogens (tertiary/aromatic N) is 1. The molecule has 6 heteroatoms. The van der Waals surface area contributed by atoms with Crippen molar-refractivity contribution in [1.29, 1.82) is 0 Å². The average Bonchev–Trinajstić information content (AvgIpc) is 2.97. The molecule has 3 rings (SSSR count). The molecule has 5 nitrogen and oxygen atoms in total. The van der Waals surface area contributed by atoms with Crippen molar-refractivity contribution in [3.8, 4) is 5.75 Å². The zero-order valence-corrected chi connectivity index (χ0v) is 12.1. The van der Waals surface area contributed by atoms with Gasteiger partial charge in [-0.3, -0.25) is 4.79 Å². The van der Waals surface area contributed by atoms with Gasteiger partial charge in [0.15, 0.2) is 0 Å². The zero-order valence-electron chi connectivity index (χ0n) is 10.5. The zero-order chi connectivity index (χ0) is 13.9. The first-order valence-electron chi connectivity index (χ1n) is 6.12. The van der Waals surface area contributed by atoms with Gasteiger partial charge in [-0.25, -0.2) is 4.98 Å². The second-order valence-electron chi connectivity index (χ2n) is 4.36. The van der Waals surface area contributed by atoms with E-state index in [1.54, 1.807) is 12.4 Å². The van der Waals surface area contributed by atoms with Crippen LogP contribution in [0.25, 0.3) is 6.08 Å². The van der Waals surface area contributed by atoms with Crippen LogP contribution in [-0.4, -0.2) is 22.5 Å². The van der Waals surface area contributed by atoms with Crippen molar-refractivity contribution in [1.82, 2.24) is 15.3 Å². The molecule has 0 bridgehead atoms. The third kappa shape index (κ3) is 2.75. The van der Waals surface area contributed by atoms with E-state index in [0.717, 1.165) is 21.6 Å². The summed E-state index contributed by atoms with van der Waals surface area (Å²) >= 11 is 3.41. The van der Waals surface area contributed by atoms with Crippen LogP contribution in [0.2, 0.25) is 0 Å². The van der Waals surface area contributed by atoms with Crippen molar-refractivity contribution in [2.24, 2.45) is 0 Å². The number of benzene rings is 1. The van der Waals surface area contributed by atoms with Crippen LogP contribution < -0.4 is 10.1 Å². The highest BCUT2D eigenvalue weighted by molar-refractivity contribution is 9.10. The van der Waals surface area contributed by atoms with Gasteiger partial charge >= 0.3 is 0 Å². The highest BCUT2D eigenvalue weighted by atomic mass is 79.9. The molecule has 0 atom stereocenters. The number of hydrogen-bond acceptors (Lipinski definition) is 3. The number of aromatic nitrogens is 2. The predicted molar refractivity (Wildman–Crippen MR) is 78.0 cm³/mol. The van der Waals surface area contributed by atoms with Crippen LogP contribution in [0.5, 0.6) is 5.75 Å². The van der Waals surface area contributed by atoms with Crippen molar-refractivity contribution >= 4 is 27.9 Å². The van der Waals surface area contributed by atoms with E-state index in [0.29, 0.717) is 12.1 Å². The molecule has 2 heterocycles. The lowest BCUT2D eigenvalue weighted by Crippen LogP contribution is -2.28. The molecule has 0 fully saturated rings. The van der Waals surface area contributed by atoms with Gasteiger partial charge in [-0.2, -0.15) is 0 Å². The third-order valence-electron chi connectivity index (χ3n) is 2.95. The Labute approximate surface area is 124 Å². The number of nitrogens with one attached hydrogen (secondary N) is 2. The minimum absolute atomic E-state index is 0.146. The number of rotatable bonds is 3. The third-order valence-corrected chi connectivity index (χ3v) is 3.44. The van der Waals surface area contributed by atoms with Gasteiger partial charge in [-0.15, -0.1) is 0 Å². The summed E-state index contributed by atoms with van der Waals surface area (Å²) < 4.78 is 6.53.